The Labute approximate surface area is 95.4 Å². The van der Waals surface area contributed by atoms with E-state index in [0.717, 1.165) is 18.5 Å². The molecule has 1 aliphatic rings. The minimum absolute atomic E-state index is 0.165. The molecule has 0 aromatic carbocycles. The number of carbonyl (C=O) groups is 1. The van der Waals surface area contributed by atoms with Gasteiger partial charge in [-0.05, 0) is 18.9 Å². The van der Waals surface area contributed by atoms with Crippen LogP contribution >= 0.6 is 0 Å². The summed E-state index contributed by atoms with van der Waals surface area (Å²) in [7, 11) is 3.76. The minimum Gasteiger partial charge on any atom is -0.342 e. The number of nitrogens with one attached hydrogen (secondary N) is 1. The highest BCUT2D eigenvalue weighted by Gasteiger charge is 2.28. The van der Waals surface area contributed by atoms with Crippen LogP contribution in [0.15, 0.2) is 12.3 Å². The molecule has 0 radical (unpaired) electrons. The van der Waals surface area contributed by atoms with Gasteiger partial charge in [-0.25, -0.2) is 0 Å². The molecule has 0 bridgehead atoms. The molecular weight excluding hydrogens is 204 g/mol. The Morgan fingerprint density at radius 2 is 2.44 bits per heavy atom. The SMILES string of the molecule is CN(C(=O)CNCc1ccn(C)n1)C1CC1. The zero-order valence-electron chi connectivity index (χ0n) is 9.81. The van der Waals surface area contributed by atoms with Gasteiger partial charge in [0.1, 0.15) is 0 Å². The van der Waals surface area contributed by atoms with Gasteiger partial charge in [-0.2, -0.15) is 5.10 Å². The van der Waals surface area contributed by atoms with E-state index in [-0.39, 0.29) is 5.91 Å². The van der Waals surface area contributed by atoms with Crippen molar-refractivity contribution in [3.63, 3.8) is 0 Å². The summed E-state index contributed by atoms with van der Waals surface area (Å²) in [5.41, 5.74) is 0.962. The summed E-state index contributed by atoms with van der Waals surface area (Å²) < 4.78 is 1.76. The van der Waals surface area contributed by atoms with Gasteiger partial charge in [-0.15, -0.1) is 0 Å². The Morgan fingerprint density at radius 3 is 3.00 bits per heavy atom. The molecule has 88 valence electrons. The number of aromatic nitrogens is 2. The van der Waals surface area contributed by atoms with Crippen molar-refractivity contribution >= 4 is 5.91 Å². The topological polar surface area (TPSA) is 50.2 Å². The fourth-order valence-corrected chi connectivity index (χ4v) is 1.65. The predicted octanol–water partition coefficient (Wildman–Crippen LogP) is 0.130. The van der Waals surface area contributed by atoms with E-state index in [2.05, 4.69) is 10.4 Å². The van der Waals surface area contributed by atoms with Crippen LogP contribution in [0.25, 0.3) is 0 Å². The fraction of sp³-hybridized carbons (Fsp3) is 0.636. The van der Waals surface area contributed by atoms with E-state index in [9.17, 15) is 4.79 Å². The lowest BCUT2D eigenvalue weighted by Gasteiger charge is -2.16. The maximum absolute atomic E-state index is 11.7. The predicted molar refractivity (Wildman–Crippen MR) is 60.7 cm³/mol. The van der Waals surface area contributed by atoms with Crippen molar-refractivity contribution in [2.45, 2.75) is 25.4 Å². The molecule has 1 aromatic heterocycles. The number of nitrogens with zero attached hydrogens (tertiary/aromatic N) is 3. The molecule has 5 nitrogen and oxygen atoms in total. The van der Waals surface area contributed by atoms with Crippen LogP contribution in [0.5, 0.6) is 0 Å². The molecule has 0 saturated heterocycles. The monoisotopic (exact) mass is 222 g/mol. The standard InChI is InChI=1S/C11H18N4O/c1-14-6-5-9(13-14)7-12-8-11(16)15(2)10-3-4-10/h5-6,10,12H,3-4,7-8H2,1-2H3. The second-order valence-corrected chi connectivity index (χ2v) is 4.32. The van der Waals surface area contributed by atoms with Gasteiger partial charge in [0.2, 0.25) is 5.91 Å². The van der Waals surface area contributed by atoms with Crippen LogP contribution in [0.2, 0.25) is 0 Å². The lowest BCUT2D eigenvalue weighted by Crippen LogP contribution is -2.36. The third-order valence-corrected chi connectivity index (χ3v) is 2.84. The molecule has 1 N–H and O–H groups in total. The summed E-state index contributed by atoms with van der Waals surface area (Å²) in [6.07, 6.45) is 4.21. The molecule has 5 heteroatoms. The van der Waals surface area contributed by atoms with Gasteiger partial charge in [0.15, 0.2) is 0 Å². The molecule has 1 fully saturated rings. The Morgan fingerprint density at radius 1 is 1.69 bits per heavy atom. The zero-order chi connectivity index (χ0) is 11.5. The van der Waals surface area contributed by atoms with Crippen LogP contribution in [0.1, 0.15) is 18.5 Å². The molecule has 16 heavy (non-hydrogen) atoms. The highest BCUT2D eigenvalue weighted by atomic mass is 16.2. The van der Waals surface area contributed by atoms with Gasteiger partial charge >= 0.3 is 0 Å². The lowest BCUT2D eigenvalue weighted by atomic mass is 10.4. The second-order valence-electron chi connectivity index (χ2n) is 4.32. The van der Waals surface area contributed by atoms with Crippen molar-refractivity contribution in [2.24, 2.45) is 7.05 Å². The Hall–Kier alpha value is -1.36. The molecule has 1 heterocycles. The van der Waals surface area contributed by atoms with Gasteiger partial charge in [0, 0.05) is 32.9 Å². The summed E-state index contributed by atoms with van der Waals surface area (Å²) in [5.74, 6) is 0.165. The average molecular weight is 222 g/mol. The van der Waals surface area contributed by atoms with Crippen LogP contribution in [0.4, 0.5) is 0 Å². The maximum Gasteiger partial charge on any atom is 0.236 e. The van der Waals surface area contributed by atoms with Gasteiger partial charge < -0.3 is 10.2 Å². The first-order chi connectivity index (χ1) is 7.66. The number of likely N-dealkylation sites (N-methyl/N-ethyl adjacent to an activating group) is 1. The molecule has 2 rings (SSSR count). The largest absolute Gasteiger partial charge is 0.342 e. The molecule has 0 aliphatic heterocycles. The van der Waals surface area contributed by atoms with E-state index in [1.165, 1.54) is 0 Å². The van der Waals surface area contributed by atoms with Crippen LogP contribution in [0, 0.1) is 0 Å². The summed E-state index contributed by atoms with van der Waals surface area (Å²) in [6, 6.07) is 2.44. The fourth-order valence-electron chi connectivity index (χ4n) is 1.65. The van der Waals surface area contributed by atoms with Gasteiger partial charge in [0.25, 0.3) is 0 Å². The molecule has 0 spiro atoms. The lowest BCUT2D eigenvalue weighted by molar-refractivity contribution is -0.129. The van der Waals surface area contributed by atoms with Crippen molar-refractivity contribution in [1.29, 1.82) is 0 Å². The van der Waals surface area contributed by atoms with E-state index in [1.54, 1.807) is 4.68 Å². The number of carbonyl (C=O) groups excluding carboxylic acids is 1. The Bertz CT molecular complexity index is 370. The third-order valence-electron chi connectivity index (χ3n) is 2.84. The smallest absolute Gasteiger partial charge is 0.236 e. The summed E-state index contributed by atoms with van der Waals surface area (Å²) in [6.45, 7) is 1.04. The molecule has 1 saturated carbocycles. The van der Waals surface area contributed by atoms with E-state index in [0.29, 0.717) is 19.1 Å². The third kappa shape index (κ3) is 2.82. The molecule has 1 amide bonds. The van der Waals surface area contributed by atoms with Gasteiger partial charge in [-0.1, -0.05) is 0 Å². The number of aryl methyl sites for hydroxylation is 1. The van der Waals surface area contributed by atoms with Crippen LogP contribution in [-0.2, 0) is 18.4 Å². The Balaban J connectivity index is 1.69. The van der Waals surface area contributed by atoms with E-state index in [1.807, 2.05) is 31.3 Å². The van der Waals surface area contributed by atoms with Crippen molar-refractivity contribution in [3.05, 3.63) is 18.0 Å². The van der Waals surface area contributed by atoms with Crippen LogP contribution in [-0.4, -0.2) is 40.2 Å². The van der Waals surface area contributed by atoms with E-state index < -0.39 is 0 Å². The number of hydrogen-bond donors (Lipinski definition) is 1. The highest BCUT2D eigenvalue weighted by molar-refractivity contribution is 5.78. The number of rotatable bonds is 5. The van der Waals surface area contributed by atoms with Crippen molar-refractivity contribution in [3.8, 4) is 0 Å². The molecule has 0 atom stereocenters. The normalized spacial score (nSPS) is 15.1. The number of hydrogen-bond acceptors (Lipinski definition) is 3. The Kier molecular flexibility index (Phi) is 3.24. The van der Waals surface area contributed by atoms with Crippen molar-refractivity contribution < 1.29 is 4.79 Å². The molecule has 1 aliphatic carbocycles. The first-order valence-corrected chi connectivity index (χ1v) is 5.61. The zero-order valence-corrected chi connectivity index (χ0v) is 9.81. The summed E-state index contributed by atoms with van der Waals surface area (Å²) in [4.78, 5) is 13.5. The van der Waals surface area contributed by atoms with Crippen molar-refractivity contribution in [1.82, 2.24) is 20.0 Å². The molecule has 0 unspecified atom stereocenters. The molecule has 1 aromatic rings. The van der Waals surface area contributed by atoms with E-state index in [4.69, 9.17) is 0 Å². The summed E-state index contributed by atoms with van der Waals surface area (Å²) >= 11 is 0. The first-order valence-electron chi connectivity index (χ1n) is 5.61. The van der Waals surface area contributed by atoms with Gasteiger partial charge in [-0.3, -0.25) is 9.48 Å². The minimum atomic E-state index is 0.165. The molecular formula is C11H18N4O. The van der Waals surface area contributed by atoms with Gasteiger partial charge in [0.05, 0.1) is 12.2 Å². The van der Waals surface area contributed by atoms with E-state index >= 15 is 0 Å². The van der Waals surface area contributed by atoms with Crippen molar-refractivity contribution in [2.75, 3.05) is 13.6 Å². The highest BCUT2D eigenvalue weighted by Crippen LogP contribution is 2.24. The van der Waals surface area contributed by atoms with Crippen LogP contribution in [0.3, 0.4) is 0 Å². The summed E-state index contributed by atoms with van der Waals surface area (Å²) in [5, 5.41) is 7.34. The maximum atomic E-state index is 11.7. The first kappa shape index (κ1) is 11.1. The average Bonchev–Trinajstić information content (AvgIpc) is 3.02. The number of amides is 1. The van der Waals surface area contributed by atoms with Crippen LogP contribution < -0.4 is 5.32 Å². The quantitative estimate of drug-likeness (QED) is 0.770. The second kappa shape index (κ2) is 4.65.